The summed E-state index contributed by atoms with van der Waals surface area (Å²) in [7, 11) is 0. The maximum Gasteiger partial charge on any atom is 0.338 e. The van der Waals surface area contributed by atoms with Gasteiger partial charge in [0, 0.05) is 11.6 Å². The van der Waals surface area contributed by atoms with Gasteiger partial charge in [0.1, 0.15) is 11.5 Å². The predicted molar refractivity (Wildman–Crippen MR) is 92.8 cm³/mol. The molecule has 0 aromatic heterocycles. The molecule has 0 heterocycles. The van der Waals surface area contributed by atoms with Crippen LogP contribution in [0.3, 0.4) is 0 Å². The van der Waals surface area contributed by atoms with Gasteiger partial charge < -0.3 is 9.47 Å². The van der Waals surface area contributed by atoms with Gasteiger partial charge in [0.05, 0.1) is 0 Å². The highest BCUT2D eigenvalue weighted by Gasteiger charge is 2.08. The Kier molecular flexibility index (Phi) is 5.68. The van der Waals surface area contributed by atoms with Crippen molar-refractivity contribution in [3.63, 3.8) is 0 Å². The molecule has 0 radical (unpaired) electrons. The van der Waals surface area contributed by atoms with E-state index < -0.39 is 11.9 Å². The molecule has 0 unspecified atom stereocenters. The van der Waals surface area contributed by atoms with Crippen molar-refractivity contribution in [2.45, 2.75) is 13.3 Å². The second-order valence-corrected chi connectivity index (χ2v) is 5.02. The summed E-state index contributed by atoms with van der Waals surface area (Å²) in [5.74, 6) is 0.00313. The molecule has 0 spiro atoms. The van der Waals surface area contributed by atoms with Crippen LogP contribution in [0.5, 0.6) is 11.5 Å². The fourth-order valence-corrected chi connectivity index (χ4v) is 1.91. The van der Waals surface area contributed by atoms with Crippen LogP contribution in [0.4, 0.5) is 0 Å². The molecule has 2 aromatic carbocycles. The zero-order chi connectivity index (χ0) is 17.5. The Balaban J connectivity index is 2.07. The second-order valence-electron chi connectivity index (χ2n) is 5.02. The number of hydrogen-bond donors (Lipinski definition) is 0. The summed E-state index contributed by atoms with van der Waals surface area (Å²) in [6.45, 7) is 8.85. The summed E-state index contributed by atoms with van der Waals surface area (Å²) in [5.41, 5.74) is 2.33. The second kappa shape index (κ2) is 7.92. The van der Waals surface area contributed by atoms with Crippen LogP contribution in [0.1, 0.15) is 13.3 Å². The Labute approximate surface area is 141 Å². The number of carbonyl (C=O) groups excluding carboxylic acids is 2. The van der Waals surface area contributed by atoms with Gasteiger partial charge in [-0.05, 0) is 41.8 Å². The van der Waals surface area contributed by atoms with E-state index in [1.54, 1.807) is 24.3 Å². The third-order valence-electron chi connectivity index (χ3n) is 3.35. The standard InChI is InChI=1S/C20H18O4/c1-4-14(3)20(22)24-18-12-8-16(9-13-18)15-6-10-17(11-7-15)23-19(21)5-2/h5-13H,2-4H2,1H3. The summed E-state index contributed by atoms with van der Waals surface area (Å²) in [4.78, 5) is 22.8. The SMILES string of the molecule is C=CC(=O)Oc1ccc(-c2ccc(OC(=O)C(=C)CC)cc2)cc1. The fraction of sp³-hybridized carbons (Fsp3) is 0.100. The average molecular weight is 322 g/mol. The first-order valence-electron chi connectivity index (χ1n) is 7.48. The number of hydrogen-bond acceptors (Lipinski definition) is 4. The normalized spacial score (nSPS) is 9.88. The van der Waals surface area contributed by atoms with Crippen LogP contribution in [0, 0.1) is 0 Å². The molecule has 0 aliphatic carbocycles. The Morgan fingerprint density at radius 1 is 0.917 bits per heavy atom. The molecule has 2 rings (SSSR count). The lowest BCUT2D eigenvalue weighted by Gasteiger charge is -2.07. The Morgan fingerprint density at radius 2 is 1.38 bits per heavy atom. The molecule has 24 heavy (non-hydrogen) atoms. The van der Waals surface area contributed by atoms with Crippen LogP contribution in [-0.2, 0) is 9.59 Å². The van der Waals surface area contributed by atoms with E-state index in [0.717, 1.165) is 17.2 Å². The molecule has 2 aromatic rings. The van der Waals surface area contributed by atoms with E-state index in [1.165, 1.54) is 0 Å². The molecular weight excluding hydrogens is 304 g/mol. The van der Waals surface area contributed by atoms with E-state index in [4.69, 9.17) is 9.47 Å². The lowest BCUT2D eigenvalue weighted by molar-refractivity contribution is -0.130. The molecule has 4 nitrogen and oxygen atoms in total. The molecular formula is C20H18O4. The van der Waals surface area contributed by atoms with Crippen molar-refractivity contribution in [3.8, 4) is 22.6 Å². The van der Waals surface area contributed by atoms with Gasteiger partial charge in [-0.15, -0.1) is 0 Å². The van der Waals surface area contributed by atoms with Gasteiger partial charge in [-0.2, -0.15) is 0 Å². The molecule has 0 fully saturated rings. The van der Waals surface area contributed by atoms with Crippen molar-refractivity contribution in [1.29, 1.82) is 0 Å². The largest absolute Gasteiger partial charge is 0.423 e. The number of rotatable bonds is 6. The quantitative estimate of drug-likeness (QED) is 0.451. The van der Waals surface area contributed by atoms with Gasteiger partial charge in [-0.1, -0.05) is 44.3 Å². The molecule has 0 N–H and O–H groups in total. The summed E-state index contributed by atoms with van der Waals surface area (Å²) in [6, 6.07) is 14.2. The van der Waals surface area contributed by atoms with Gasteiger partial charge in [0.2, 0.25) is 0 Å². The number of esters is 2. The van der Waals surface area contributed by atoms with Gasteiger partial charge in [0.15, 0.2) is 0 Å². The van der Waals surface area contributed by atoms with Crippen LogP contribution in [-0.4, -0.2) is 11.9 Å². The first-order chi connectivity index (χ1) is 11.5. The molecule has 122 valence electrons. The van der Waals surface area contributed by atoms with E-state index >= 15 is 0 Å². The topological polar surface area (TPSA) is 52.6 Å². The highest BCUT2D eigenvalue weighted by Crippen LogP contribution is 2.25. The van der Waals surface area contributed by atoms with Crippen LogP contribution < -0.4 is 9.47 Å². The Morgan fingerprint density at radius 3 is 1.79 bits per heavy atom. The average Bonchev–Trinajstić information content (AvgIpc) is 2.62. The first-order valence-corrected chi connectivity index (χ1v) is 7.48. The van der Waals surface area contributed by atoms with Crippen molar-refractivity contribution < 1.29 is 19.1 Å². The van der Waals surface area contributed by atoms with Crippen molar-refractivity contribution in [2.75, 3.05) is 0 Å². The van der Waals surface area contributed by atoms with E-state index in [0.29, 0.717) is 23.5 Å². The van der Waals surface area contributed by atoms with E-state index in [-0.39, 0.29) is 0 Å². The molecule has 0 saturated carbocycles. The molecule has 0 saturated heterocycles. The predicted octanol–water partition coefficient (Wildman–Crippen LogP) is 4.32. The third kappa shape index (κ3) is 4.43. The summed E-state index contributed by atoms with van der Waals surface area (Å²) in [5, 5.41) is 0. The maximum absolute atomic E-state index is 11.7. The number of ether oxygens (including phenoxy) is 2. The Hall–Kier alpha value is -3.14. The summed E-state index contributed by atoms with van der Waals surface area (Å²) in [6.07, 6.45) is 1.67. The molecule has 0 aliphatic heterocycles. The molecule has 0 amide bonds. The highest BCUT2D eigenvalue weighted by molar-refractivity contribution is 5.89. The van der Waals surface area contributed by atoms with E-state index in [9.17, 15) is 9.59 Å². The van der Waals surface area contributed by atoms with Crippen LogP contribution in [0.15, 0.2) is 73.3 Å². The van der Waals surface area contributed by atoms with Crippen LogP contribution >= 0.6 is 0 Å². The van der Waals surface area contributed by atoms with Crippen LogP contribution in [0.2, 0.25) is 0 Å². The smallest absolute Gasteiger partial charge is 0.338 e. The third-order valence-corrected chi connectivity index (χ3v) is 3.35. The number of benzene rings is 2. The first kappa shape index (κ1) is 17.2. The number of carbonyl (C=O) groups is 2. The maximum atomic E-state index is 11.7. The zero-order valence-corrected chi connectivity index (χ0v) is 13.5. The van der Waals surface area contributed by atoms with Crippen molar-refractivity contribution in [3.05, 3.63) is 73.3 Å². The summed E-state index contributed by atoms with van der Waals surface area (Å²) >= 11 is 0. The monoisotopic (exact) mass is 322 g/mol. The van der Waals surface area contributed by atoms with Gasteiger partial charge in [0.25, 0.3) is 0 Å². The molecule has 0 atom stereocenters. The molecule has 4 heteroatoms. The Bertz CT molecular complexity index is 755. The minimum absolute atomic E-state index is 0.418. The molecule has 0 bridgehead atoms. The summed E-state index contributed by atoms with van der Waals surface area (Å²) < 4.78 is 10.3. The van der Waals surface area contributed by atoms with Gasteiger partial charge in [-0.3, -0.25) is 0 Å². The lowest BCUT2D eigenvalue weighted by atomic mass is 10.1. The minimum atomic E-state index is -0.498. The van der Waals surface area contributed by atoms with E-state index in [2.05, 4.69) is 13.2 Å². The fourth-order valence-electron chi connectivity index (χ4n) is 1.91. The van der Waals surface area contributed by atoms with Crippen molar-refractivity contribution in [2.24, 2.45) is 0 Å². The zero-order valence-electron chi connectivity index (χ0n) is 13.5. The van der Waals surface area contributed by atoms with Gasteiger partial charge >= 0.3 is 11.9 Å². The molecule has 0 aliphatic rings. The van der Waals surface area contributed by atoms with E-state index in [1.807, 2.05) is 31.2 Å². The van der Waals surface area contributed by atoms with Crippen molar-refractivity contribution >= 4 is 11.9 Å². The van der Waals surface area contributed by atoms with Crippen LogP contribution in [0.25, 0.3) is 11.1 Å². The minimum Gasteiger partial charge on any atom is -0.423 e. The highest BCUT2D eigenvalue weighted by atomic mass is 16.5. The van der Waals surface area contributed by atoms with Gasteiger partial charge in [-0.25, -0.2) is 9.59 Å². The lowest BCUT2D eigenvalue weighted by Crippen LogP contribution is -2.09. The van der Waals surface area contributed by atoms with Crippen molar-refractivity contribution in [1.82, 2.24) is 0 Å².